The van der Waals surface area contributed by atoms with Crippen LogP contribution >= 0.6 is 0 Å². The monoisotopic (exact) mass is 506 g/mol. The van der Waals surface area contributed by atoms with Crippen LogP contribution in [0, 0.1) is 0 Å². The molecule has 38 heavy (non-hydrogen) atoms. The van der Waals surface area contributed by atoms with E-state index in [9.17, 15) is 0 Å². The first-order valence-corrected chi connectivity index (χ1v) is 13.5. The molecule has 0 N–H and O–H groups in total. The summed E-state index contributed by atoms with van der Waals surface area (Å²) in [6.07, 6.45) is 3.49. The van der Waals surface area contributed by atoms with Gasteiger partial charge in [-0.1, -0.05) is 84.9 Å². The Morgan fingerprint density at radius 1 is 0.526 bits per heavy atom. The van der Waals surface area contributed by atoms with Gasteiger partial charge in [-0.05, 0) is 76.9 Å². The highest BCUT2D eigenvalue weighted by molar-refractivity contribution is 6.04. The van der Waals surface area contributed by atoms with Crippen LogP contribution < -0.4 is 9.47 Å². The molecule has 0 heterocycles. The van der Waals surface area contributed by atoms with Crippen LogP contribution in [0.5, 0.6) is 11.5 Å². The Morgan fingerprint density at radius 2 is 0.974 bits per heavy atom. The molecule has 0 amide bonds. The van der Waals surface area contributed by atoms with Crippen LogP contribution in [-0.2, 0) is 0 Å². The molecule has 4 aromatic rings. The van der Waals surface area contributed by atoms with Gasteiger partial charge in [0.25, 0.3) is 0 Å². The SMILES string of the molecule is COc1ccc(/C(=C(\c2ccccc2)c2ccc(OCCCCC[N+](C)(C)C)cc2)c2ccccc2)cc1. The van der Waals surface area contributed by atoms with Crippen LogP contribution in [0.4, 0.5) is 0 Å². The fraction of sp³-hybridized carbons (Fsp3) is 0.257. The van der Waals surface area contributed by atoms with Crippen molar-refractivity contribution in [2.24, 2.45) is 0 Å². The first-order chi connectivity index (χ1) is 18.4. The van der Waals surface area contributed by atoms with Crippen LogP contribution in [0.3, 0.4) is 0 Å². The molecular weight excluding hydrogens is 466 g/mol. The zero-order valence-electron chi connectivity index (χ0n) is 23.2. The maximum Gasteiger partial charge on any atom is 0.119 e. The van der Waals surface area contributed by atoms with Crippen molar-refractivity contribution >= 4 is 11.1 Å². The van der Waals surface area contributed by atoms with Crippen LogP contribution in [0.2, 0.25) is 0 Å². The number of hydrogen-bond acceptors (Lipinski definition) is 2. The minimum Gasteiger partial charge on any atom is -0.497 e. The molecular formula is C35H40NO2+. The predicted octanol–water partition coefficient (Wildman–Crippen LogP) is 7.96. The fourth-order valence-corrected chi connectivity index (χ4v) is 4.65. The normalized spacial score (nSPS) is 12.1. The summed E-state index contributed by atoms with van der Waals surface area (Å²) in [6, 6.07) is 38.1. The minimum absolute atomic E-state index is 0.749. The van der Waals surface area contributed by atoms with Gasteiger partial charge in [0, 0.05) is 0 Å². The Kier molecular flexibility index (Phi) is 9.40. The number of hydrogen-bond donors (Lipinski definition) is 0. The fourth-order valence-electron chi connectivity index (χ4n) is 4.65. The predicted molar refractivity (Wildman–Crippen MR) is 160 cm³/mol. The smallest absolute Gasteiger partial charge is 0.119 e. The van der Waals surface area contributed by atoms with Gasteiger partial charge in [0.2, 0.25) is 0 Å². The number of benzene rings is 4. The van der Waals surface area contributed by atoms with Crippen molar-refractivity contribution in [3.8, 4) is 11.5 Å². The molecule has 0 bridgehead atoms. The topological polar surface area (TPSA) is 18.5 Å². The van der Waals surface area contributed by atoms with E-state index in [4.69, 9.17) is 9.47 Å². The van der Waals surface area contributed by atoms with Gasteiger partial charge in [-0.15, -0.1) is 0 Å². The summed E-state index contributed by atoms with van der Waals surface area (Å²) in [7, 11) is 8.43. The molecule has 4 aromatic carbocycles. The lowest BCUT2D eigenvalue weighted by atomic mass is 9.86. The maximum atomic E-state index is 6.10. The van der Waals surface area contributed by atoms with Gasteiger partial charge in [0.15, 0.2) is 0 Å². The summed E-state index contributed by atoms with van der Waals surface area (Å²) >= 11 is 0. The zero-order valence-corrected chi connectivity index (χ0v) is 23.2. The molecule has 196 valence electrons. The Labute approximate surface area is 228 Å². The third-order valence-electron chi connectivity index (χ3n) is 6.64. The highest BCUT2D eigenvalue weighted by Gasteiger charge is 2.16. The van der Waals surface area contributed by atoms with E-state index in [1.807, 2.05) is 12.1 Å². The van der Waals surface area contributed by atoms with E-state index < -0.39 is 0 Å². The number of rotatable bonds is 12. The third-order valence-corrected chi connectivity index (χ3v) is 6.64. The molecule has 0 atom stereocenters. The van der Waals surface area contributed by atoms with Crippen LogP contribution in [-0.4, -0.2) is 45.9 Å². The zero-order chi connectivity index (χ0) is 26.8. The number of unbranched alkanes of at least 4 members (excludes halogenated alkanes) is 2. The van der Waals surface area contributed by atoms with E-state index in [1.54, 1.807) is 7.11 Å². The summed E-state index contributed by atoms with van der Waals surface area (Å²) in [5.74, 6) is 1.76. The molecule has 0 saturated heterocycles. The number of quaternary nitrogens is 1. The van der Waals surface area contributed by atoms with Gasteiger partial charge in [-0.25, -0.2) is 0 Å². The largest absolute Gasteiger partial charge is 0.497 e. The molecule has 3 heteroatoms. The second-order valence-electron chi connectivity index (χ2n) is 10.7. The van der Waals surface area contributed by atoms with Crippen molar-refractivity contribution in [3.63, 3.8) is 0 Å². The van der Waals surface area contributed by atoms with E-state index in [0.29, 0.717) is 0 Å². The second-order valence-corrected chi connectivity index (χ2v) is 10.7. The summed E-state index contributed by atoms with van der Waals surface area (Å²) in [4.78, 5) is 0. The Balaban J connectivity index is 1.66. The molecule has 0 unspecified atom stereocenters. The maximum absolute atomic E-state index is 6.10. The van der Waals surface area contributed by atoms with Gasteiger partial charge < -0.3 is 14.0 Å². The van der Waals surface area contributed by atoms with Gasteiger partial charge in [-0.2, -0.15) is 0 Å². The quantitative estimate of drug-likeness (QED) is 0.110. The van der Waals surface area contributed by atoms with Crippen molar-refractivity contribution in [1.29, 1.82) is 0 Å². The molecule has 0 aliphatic rings. The molecule has 0 fully saturated rings. The molecule has 0 saturated carbocycles. The summed E-state index contributed by atoms with van der Waals surface area (Å²) in [5, 5.41) is 0. The van der Waals surface area contributed by atoms with E-state index in [2.05, 4.69) is 118 Å². The lowest BCUT2D eigenvalue weighted by molar-refractivity contribution is -0.870. The van der Waals surface area contributed by atoms with E-state index in [-0.39, 0.29) is 0 Å². The number of nitrogens with zero attached hydrogens (tertiary/aromatic N) is 1. The molecule has 4 rings (SSSR count). The van der Waals surface area contributed by atoms with Crippen LogP contribution in [0.15, 0.2) is 109 Å². The number of methoxy groups -OCH3 is 1. The molecule has 0 spiro atoms. The molecule has 0 aromatic heterocycles. The van der Waals surface area contributed by atoms with E-state index in [1.165, 1.54) is 41.7 Å². The van der Waals surface area contributed by atoms with Crippen molar-refractivity contribution in [2.45, 2.75) is 19.3 Å². The standard InChI is InChI=1S/C35H40NO2/c1-36(2,3)26-12-7-13-27-38-33-24-20-31(21-25-33)35(29-16-10-6-11-17-29)34(28-14-8-5-9-15-28)30-18-22-32(37-4)23-19-30/h5-6,8-11,14-25H,7,12-13,26-27H2,1-4H3/q+1/b35-34+. The summed E-state index contributed by atoms with van der Waals surface area (Å²) < 4.78 is 12.5. The Bertz CT molecular complexity index is 1290. The van der Waals surface area contributed by atoms with Crippen molar-refractivity contribution in [3.05, 3.63) is 131 Å². The highest BCUT2D eigenvalue weighted by Crippen LogP contribution is 2.37. The van der Waals surface area contributed by atoms with Gasteiger partial charge >= 0.3 is 0 Å². The first-order valence-electron chi connectivity index (χ1n) is 13.5. The van der Waals surface area contributed by atoms with E-state index in [0.717, 1.165) is 40.1 Å². The van der Waals surface area contributed by atoms with Gasteiger partial charge in [-0.3, -0.25) is 0 Å². The Hall–Kier alpha value is -3.82. The van der Waals surface area contributed by atoms with Crippen LogP contribution in [0.25, 0.3) is 11.1 Å². The summed E-state index contributed by atoms with van der Waals surface area (Å²) in [6.45, 7) is 1.94. The lowest BCUT2D eigenvalue weighted by Gasteiger charge is -2.23. The first kappa shape index (κ1) is 27.2. The Morgan fingerprint density at radius 3 is 1.42 bits per heavy atom. The highest BCUT2D eigenvalue weighted by atomic mass is 16.5. The minimum atomic E-state index is 0.749. The molecule has 0 aliphatic heterocycles. The van der Waals surface area contributed by atoms with Crippen molar-refractivity contribution < 1.29 is 14.0 Å². The molecule has 0 aliphatic carbocycles. The van der Waals surface area contributed by atoms with E-state index >= 15 is 0 Å². The van der Waals surface area contributed by atoms with Crippen LogP contribution in [0.1, 0.15) is 41.5 Å². The average molecular weight is 507 g/mol. The third kappa shape index (κ3) is 7.60. The number of ether oxygens (including phenoxy) is 2. The van der Waals surface area contributed by atoms with Crippen molar-refractivity contribution in [1.82, 2.24) is 0 Å². The van der Waals surface area contributed by atoms with Crippen molar-refractivity contribution in [2.75, 3.05) is 41.4 Å². The van der Waals surface area contributed by atoms with Gasteiger partial charge in [0.1, 0.15) is 11.5 Å². The molecule has 3 nitrogen and oxygen atoms in total. The second kappa shape index (κ2) is 13.1. The average Bonchev–Trinajstić information content (AvgIpc) is 2.94. The molecule has 0 radical (unpaired) electrons. The van der Waals surface area contributed by atoms with Gasteiger partial charge in [0.05, 0.1) is 41.4 Å². The summed E-state index contributed by atoms with van der Waals surface area (Å²) in [5.41, 5.74) is 7.02. The lowest BCUT2D eigenvalue weighted by Crippen LogP contribution is -2.35.